The summed E-state index contributed by atoms with van der Waals surface area (Å²) in [5.41, 5.74) is 1.83. The summed E-state index contributed by atoms with van der Waals surface area (Å²) in [5.74, 6) is 1.30. The molecule has 1 fully saturated rings. The van der Waals surface area contributed by atoms with E-state index in [9.17, 15) is 9.18 Å². The second kappa shape index (κ2) is 9.91. The topological polar surface area (TPSA) is 71.7 Å². The van der Waals surface area contributed by atoms with Crippen LogP contribution in [0.1, 0.15) is 24.3 Å². The zero-order valence-electron chi connectivity index (χ0n) is 18.3. The first-order valence-corrected chi connectivity index (χ1v) is 10.7. The lowest BCUT2D eigenvalue weighted by Crippen LogP contribution is -2.43. The molecule has 3 aromatic rings. The number of piperidine rings is 1. The Morgan fingerprint density at radius 1 is 1.28 bits per heavy atom. The van der Waals surface area contributed by atoms with Crippen LogP contribution in [0.2, 0.25) is 0 Å². The van der Waals surface area contributed by atoms with Crippen molar-refractivity contribution in [1.82, 2.24) is 19.9 Å². The number of likely N-dealkylation sites (tertiary alicyclic amines) is 1. The van der Waals surface area contributed by atoms with Gasteiger partial charge in [-0.3, -0.25) is 9.69 Å². The molecule has 8 heteroatoms. The Balaban J connectivity index is 1.35. The highest BCUT2D eigenvalue weighted by Gasteiger charge is 2.28. The molecule has 168 valence electrons. The van der Waals surface area contributed by atoms with Gasteiger partial charge >= 0.3 is 0 Å². The van der Waals surface area contributed by atoms with E-state index in [2.05, 4.69) is 15.0 Å². The summed E-state index contributed by atoms with van der Waals surface area (Å²) in [6.45, 7) is 2.57. The number of aromatic nitrogens is 2. The molecule has 1 saturated heterocycles. The minimum atomic E-state index is -0.238. The number of carbonyl (C=O) groups is 1. The van der Waals surface area contributed by atoms with E-state index in [1.54, 1.807) is 31.2 Å². The number of halogens is 1. The second-order valence-corrected chi connectivity index (χ2v) is 8.14. The first kappa shape index (κ1) is 22.0. The highest BCUT2D eigenvalue weighted by Crippen LogP contribution is 2.23. The first-order valence-electron chi connectivity index (χ1n) is 10.7. The zero-order chi connectivity index (χ0) is 22.5. The molecule has 0 spiro atoms. The molecule has 1 atom stereocenters. The van der Waals surface area contributed by atoms with Gasteiger partial charge in [0.15, 0.2) is 0 Å². The monoisotopic (exact) mass is 438 g/mol. The summed E-state index contributed by atoms with van der Waals surface area (Å²) in [6.07, 6.45) is 1.80. The van der Waals surface area contributed by atoms with E-state index in [1.165, 1.54) is 12.1 Å². The summed E-state index contributed by atoms with van der Waals surface area (Å²) < 4.78 is 23.8. The number of benzene rings is 2. The summed E-state index contributed by atoms with van der Waals surface area (Å²) in [4.78, 5) is 21.4. The molecule has 0 N–H and O–H groups in total. The van der Waals surface area contributed by atoms with Crippen molar-refractivity contribution in [2.24, 2.45) is 5.92 Å². The molecule has 1 aliphatic heterocycles. The van der Waals surface area contributed by atoms with E-state index in [1.807, 2.05) is 24.3 Å². The Morgan fingerprint density at radius 2 is 2.09 bits per heavy atom. The minimum Gasteiger partial charge on any atom is -0.497 e. The predicted octanol–water partition coefficient (Wildman–Crippen LogP) is 3.75. The summed E-state index contributed by atoms with van der Waals surface area (Å²) >= 11 is 0. The molecule has 0 radical (unpaired) electrons. The van der Waals surface area contributed by atoms with Crippen LogP contribution in [-0.2, 0) is 17.9 Å². The Kier molecular flexibility index (Phi) is 6.80. The molecule has 1 amide bonds. The number of rotatable bonds is 7. The molecular weight excluding hydrogens is 411 g/mol. The summed E-state index contributed by atoms with van der Waals surface area (Å²) in [5, 5.41) is 4.04. The Bertz CT molecular complexity index is 1050. The van der Waals surface area contributed by atoms with Gasteiger partial charge in [0, 0.05) is 25.7 Å². The van der Waals surface area contributed by atoms with E-state index >= 15 is 0 Å². The van der Waals surface area contributed by atoms with Gasteiger partial charge in [-0.15, -0.1) is 0 Å². The molecule has 0 bridgehead atoms. The number of ether oxygens (including phenoxy) is 1. The van der Waals surface area contributed by atoms with Gasteiger partial charge in [-0.25, -0.2) is 4.39 Å². The number of methoxy groups -OCH3 is 1. The Hall–Kier alpha value is -3.26. The van der Waals surface area contributed by atoms with Crippen LogP contribution in [0, 0.1) is 11.7 Å². The molecule has 0 unspecified atom stereocenters. The fourth-order valence-electron chi connectivity index (χ4n) is 4.04. The van der Waals surface area contributed by atoms with Crippen LogP contribution in [0.5, 0.6) is 5.75 Å². The van der Waals surface area contributed by atoms with Crippen LogP contribution in [0.3, 0.4) is 0 Å². The number of carbonyl (C=O) groups excluding carboxylic acids is 1. The van der Waals surface area contributed by atoms with Crippen molar-refractivity contribution in [2.75, 3.05) is 27.2 Å². The molecule has 0 aliphatic carbocycles. The molecule has 32 heavy (non-hydrogen) atoms. The van der Waals surface area contributed by atoms with E-state index in [-0.39, 0.29) is 24.2 Å². The first-order chi connectivity index (χ1) is 15.5. The molecule has 2 heterocycles. The van der Waals surface area contributed by atoms with Crippen molar-refractivity contribution >= 4 is 5.91 Å². The zero-order valence-corrected chi connectivity index (χ0v) is 18.3. The highest BCUT2D eigenvalue weighted by molar-refractivity contribution is 5.78. The minimum absolute atomic E-state index is 0.0648. The Morgan fingerprint density at radius 3 is 2.88 bits per heavy atom. The second-order valence-electron chi connectivity index (χ2n) is 8.14. The van der Waals surface area contributed by atoms with E-state index in [4.69, 9.17) is 9.26 Å². The van der Waals surface area contributed by atoms with Crippen LogP contribution >= 0.6 is 0 Å². The quantitative estimate of drug-likeness (QED) is 0.560. The molecule has 0 saturated carbocycles. The van der Waals surface area contributed by atoms with Gasteiger partial charge in [0.2, 0.25) is 17.6 Å². The molecule has 2 aromatic carbocycles. The van der Waals surface area contributed by atoms with Gasteiger partial charge in [-0.1, -0.05) is 29.4 Å². The average molecular weight is 439 g/mol. The van der Waals surface area contributed by atoms with Crippen molar-refractivity contribution in [3.05, 3.63) is 65.8 Å². The Labute approximate surface area is 186 Å². The van der Waals surface area contributed by atoms with Crippen molar-refractivity contribution in [1.29, 1.82) is 0 Å². The van der Waals surface area contributed by atoms with Crippen LogP contribution in [-0.4, -0.2) is 53.1 Å². The SMILES string of the molecule is COc1cccc(-c2noc(CN(C)C(=O)[C@H]3CCCN(Cc4ccc(F)cc4)C3)n2)c1. The van der Waals surface area contributed by atoms with Gasteiger partial charge in [0.05, 0.1) is 19.6 Å². The fraction of sp³-hybridized carbons (Fsp3) is 0.375. The van der Waals surface area contributed by atoms with Gasteiger partial charge in [0.25, 0.3) is 0 Å². The third-order valence-electron chi connectivity index (χ3n) is 5.72. The largest absolute Gasteiger partial charge is 0.497 e. The fourth-order valence-corrected chi connectivity index (χ4v) is 4.04. The number of hydrogen-bond donors (Lipinski definition) is 0. The maximum atomic E-state index is 13.1. The van der Waals surface area contributed by atoms with Crippen molar-refractivity contribution < 1.29 is 18.4 Å². The van der Waals surface area contributed by atoms with Crippen LogP contribution in [0.4, 0.5) is 4.39 Å². The molecule has 1 aromatic heterocycles. The van der Waals surface area contributed by atoms with E-state index < -0.39 is 0 Å². The van der Waals surface area contributed by atoms with E-state index in [0.29, 0.717) is 30.6 Å². The third-order valence-corrected chi connectivity index (χ3v) is 5.72. The van der Waals surface area contributed by atoms with Gasteiger partial charge in [-0.05, 0) is 49.2 Å². The van der Waals surface area contributed by atoms with Crippen molar-refractivity contribution in [3.63, 3.8) is 0 Å². The number of amides is 1. The number of nitrogens with zero attached hydrogens (tertiary/aromatic N) is 4. The lowest BCUT2D eigenvalue weighted by Gasteiger charge is -2.33. The molecular formula is C24H27FN4O3. The maximum absolute atomic E-state index is 13.1. The summed E-state index contributed by atoms with van der Waals surface area (Å²) in [7, 11) is 3.37. The number of hydrogen-bond acceptors (Lipinski definition) is 6. The van der Waals surface area contributed by atoms with Crippen molar-refractivity contribution in [3.8, 4) is 17.1 Å². The van der Waals surface area contributed by atoms with Crippen LogP contribution in [0.15, 0.2) is 53.1 Å². The molecule has 7 nitrogen and oxygen atoms in total. The smallest absolute Gasteiger partial charge is 0.246 e. The maximum Gasteiger partial charge on any atom is 0.246 e. The molecule has 1 aliphatic rings. The lowest BCUT2D eigenvalue weighted by atomic mass is 9.96. The lowest BCUT2D eigenvalue weighted by molar-refractivity contribution is -0.137. The van der Waals surface area contributed by atoms with Crippen LogP contribution < -0.4 is 4.74 Å². The van der Waals surface area contributed by atoms with Gasteiger partial charge in [0.1, 0.15) is 11.6 Å². The highest BCUT2D eigenvalue weighted by atomic mass is 19.1. The van der Waals surface area contributed by atoms with Gasteiger partial charge < -0.3 is 14.2 Å². The standard InChI is InChI=1S/C24H27FN4O3/c1-28(16-22-26-23(27-32-22)18-5-3-7-21(13-18)31-2)24(30)19-6-4-12-29(15-19)14-17-8-10-20(25)11-9-17/h3,5,7-11,13,19H,4,6,12,14-16H2,1-2H3/t19-/m0/s1. The molecule has 4 rings (SSSR count). The third kappa shape index (κ3) is 5.31. The normalized spacial score (nSPS) is 16.7. The average Bonchev–Trinajstić information content (AvgIpc) is 3.29. The van der Waals surface area contributed by atoms with Crippen molar-refractivity contribution in [2.45, 2.75) is 25.9 Å². The van der Waals surface area contributed by atoms with E-state index in [0.717, 1.165) is 30.5 Å². The van der Waals surface area contributed by atoms with Gasteiger partial charge in [-0.2, -0.15) is 4.98 Å². The predicted molar refractivity (Wildman–Crippen MR) is 117 cm³/mol. The summed E-state index contributed by atoms with van der Waals surface area (Å²) in [6, 6.07) is 14.0. The van der Waals surface area contributed by atoms with Crippen LogP contribution in [0.25, 0.3) is 11.4 Å².